The molecule has 0 aliphatic heterocycles. The number of hydrogen-bond donors (Lipinski definition) is 0. The number of hydrogen-bond acceptors (Lipinski definition) is 2. The van der Waals surface area contributed by atoms with E-state index in [0.29, 0.717) is 0 Å². The smallest absolute Gasteiger partial charge is 0.214 e. The number of rotatable bonds is 3. The van der Waals surface area contributed by atoms with Gasteiger partial charge in [0.15, 0.2) is 3.57 Å². The van der Waals surface area contributed by atoms with Gasteiger partial charge in [0.25, 0.3) is 9.84 Å². The van der Waals surface area contributed by atoms with E-state index in [0.717, 1.165) is 26.3 Å². The van der Waals surface area contributed by atoms with Gasteiger partial charge in [0.2, 0.25) is 3.57 Å². The van der Waals surface area contributed by atoms with Crippen LogP contribution in [0.1, 0.15) is 16.7 Å². The highest BCUT2D eigenvalue weighted by atomic mass is 127. The fourth-order valence-electron chi connectivity index (χ4n) is 2.28. The Labute approximate surface area is 143 Å². The molecule has 2 rings (SSSR count). The molecule has 0 fully saturated rings. The number of alkyl halides is 3. The van der Waals surface area contributed by atoms with Crippen molar-refractivity contribution >= 4 is 9.84 Å². The van der Waals surface area contributed by atoms with Crippen molar-refractivity contribution < 1.29 is 42.8 Å². The van der Waals surface area contributed by atoms with E-state index in [9.17, 15) is 21.6 Å². The predicted molar refractivity (Wildman–Crippen MR) is 77.7 cm³/mol. The Morgan fingerprint density at radius 1 is 0.957 bits per heavy atom. The van der Waals surface area contributed by atoms with Crippen LogP contribution in [0.15, 0.2) is 41.3 Å². The lowest BCUT2D eigenvalue weighted by atomic mass is 10.1. The van der Waals surface area contributed by atoms with Crippen molar-refractivity contribution in [2.24, 2.45) is 0 Å². The molecule has 0 saturated heterocycles. The highest BCUT2D eigenvalue weighted by molar-refractivity contribution is 7.92. The van der Waals surface area contributed by atoms with Crippen molar-refractivity contribution in [1.82, 2.24) is 0 Å². The lowest BCUT2D eigenvalue weighted by molar-refractivity contribution is -0.602. The lowest BCUT2D eigenvalue weighted by Gasteiger charge is -2.08. The summed E-state index contributed by atoms with van der Waals surface area (Å²) in [5.41, 5.74) is -2.25. The molecule has 0 aliphatic carbocycles. The quantitative estimate of drug-likeness (QED) is 0.649. The van der Waals surface area contributed by atoms with Crippen LogP contribution in [0.3, 0.4) is 0 Å². The number of aryl methyl sites for hydroxylation is 3. The summed E-state index contributed by atoms with van der Waals surface area (Å²) in [6, 6.07) is 9.33. The second-order valence-electron chi connectivity index (χ2n) is 5.19. The topological polar surface area (TPSA) is 34.1 Å². The van der Waals surface area contributed by atoms with Gasteiger partial charge in [-0.25, -0.2) is 8.42 Å². The molecule has 2 aromatic carbocycles. The van der Waals surface area contributed by atoms with Crippen LogP contribution in [0.4, 0.5) is 13.2 Å². The second-order valence-corrected chi connectivity index (χ2v) is 9.88. The Hall–Kier alpha value is -1.09. The summed E-state index contributed by atoms with van der Waals surface area (Å²) in [6.45, 7) is 5.75. The average molecular weight is 455 g/mol. The van der Waals surface area contributed by atoms with E-state index in [4.69, 9.17) is 0 Å². The standard InChI is InChI=1S/C16H15F3IO2S/c1-10-8-11(2)15(12(3)9-10)20-13-6-4-5-7-14(13)23(21,22)16(17,18)19/h4-9H,1-3H3/q+1. The first-order valence-corrected chi connectivity index (χ1v) is 10.3. The Morgan fingerprint density at radius 3 is 2.00 bits per heavy atom. The largest absolute Gasteiger partial charge is 0.502 e. The molecule has 0 radical (unpaired) electrons. The van der Waals surface area contributed by atoms with Gasteiger partial charge < -0.3 is 0 Å². The summed E-state index contributed by atoms with van der Waals surface area (Å²) >= 11 is -1.04. The van der Waals surface area contributed by atoms with Gasteiger partial charge in [0.05, 0.1) is 0 Å². The summed E-state index contributed by atoms with van der Waals surface area (Å²) < 4.78 is 63.4. The van der Waals surface area contributed by atoms with Crippen molar-refractivity contribution in [2.75, 3.05) is 0 Å². The van der Waals surface area contributed by atoms with E-state index in [2.05, 4.69) is 0 Å². The van der Waals surface area contributed by atoms with E-state index in [1.54, 1.807) is 6.07 Å². The summed E-state index contributed by atoms with van der Waals surface area (Å²) in [6.07, 6.45) is 0. The molecule has 0 heterocycles. The number of halogens is 4. The summed E-state index contributed by atoms with van der Waals surface area (Å²) in [5.74, 6) is 0. The highest BCUT2D eigenvalue weighted by Gasteiger charge is 2.49. The molecular formula is C16H15F3IO2S+. The number of sulfone groups is 1. The summed E-state index contributed by atoms with van der Waals surface area (Å²) in [5, 5.41) is 0. The van der Waals surface area contributed by atoms with Crippen LogP contribution in [-0.2, 0) is 9.84 Å². The minimum Gasteiger partial charge on any atom is -0.214 e. The van der Waals surface area contributed by atoms with Crippen molar-refractivity contribution in [3.63, 3.8) is 0 Å². The van der Waals surface area contributed by atoms with Gasteiger partial charge in [0.1, 0.15) is 4.90 Å². The Bertz CT molecular complexity index is 820. The molecule has 23 heavy (non-hydrogen) atoms. The third kappa shape index (κ3) is 3.71. The molecule has 0 unspecified atom stereocenters. The maximum absolute atomic E-state index is 12.9. The van der Waals surface area contributed by atoms with Gasteiger partial charge in [-0.05, 0) is 32.9 Å². The van der Waals surface area contributed by atoms with Crippen molar-refractivity contribution in [2.45, 2.75) is 31.2 Å². The van der Waals surface area contributed by atoms with Crippen molar-refractivity contribution in [3.05, 3.63) is 60.2 Å². The Morgan fingerprint density at radius 2 is 1.48 bits per heavy atom. The fourth-order valence-corrected chi connectivity index (χ4v) is 6.82. The summed E-state index contributed by atoms with van der Waals surface area (Å²) in [7, 11) is -5.33. The molecule has 0 saturated carbocycles. The molecule has 124 valence electrons. The van der Waals surface area contributed by atoms with Crippen molar-refractivity contribution in [1.29, 1.82) is 0 Å². The van der Waals surface area contributed by atoms with Crippen LogP contribution in [-0.4, -0.2) is 13.9 Å². The van der Waals surface area contributed by atoms with Crippen LogP contribution in [0, 0.1) is 27.9 Å². The predicted octanol–water partition coefficient (Wildman–Crippen LogP) is 1.03. The first kappa shape index (κ1) is 18.3. The first-order chi connectivity index (χ1) is 10.5. The molecule has 7 heteroatoms. The molecule has 0 amide bonds. The maximum atomic E-state index is 12.9. The third-order valence-electron chi connectivity index (χ3n) is 3.21. The summed E-state index contributed by atoms with van der Waals surface area (Å²) in [4.78, 5) is -0.625. The van der Waals surface area contributed by atoms with Crippen LogP contribution >= 0.6 is 0 Å². The number of benzene rings is 2. The Balaban J connectivity index is 2.57. The maximum Gasteiger partial charge on any atom is 0.502 e. The van der Waals surface area contributed by atoms with Gasteiger partial charge in [-0.15, -0.1) is 0 Å². The van der Waals surface area contributed by atoms with E-state index in [1.807, 2.05) is 32.9 Å². The zero-order valence-corrected chi connectivity index (χ0v) is 15.7. The molecule has 0 bridgehead atoms. The van der Waals surface area contributed by atoms with Crippen LogP contribution in [0.5, 0.6) is 0 Å². The fraction of sp³-hybridized carbons (Fsp3) is 0.250. The van der Waals surface area contributed by atoms with Crippen LogP contribution < -0.4 is 21.2 Å². The van der Waals surface area contributed by atoms with Gasteiger partial charge in [-0.2, -0.15) is 13.2 Å². The zero-order valence-electron chi connectivity index (χ0n) is 12.7. The van der Waals surface area contributed by atoms with Crippen LogP contribution in [0.25, 0.3) is 0 Å². The van der Waals surface area contributed by atoms with Crippen molar-refractivity contribution in [3.8, 4) is 0 Å². The average Bonchev–Trinajstić information content (AvgIpc) is 2.42. The van der Waals surface area contributed by atoms with Gasteiger partial charge >= 0.3 is 26.7 Å². The second kappa shape index (κ2) is 6.43. The van der Waals surface area contributed by atoms with Crippen LogP contribution in [0.2, 0.25) is 0 Å². The first-order valence-electron chi connectivity index (χ1n) is 6.67. The molecule has 0 aliphatic rings. The van der Waals surface area contributed by atoms with E-state index in [1.165, 1.54) is 12.1 Å². The molecule has 0 atom stereocenters. The van der Waals surface area contributed by atoms with Gasteiger partial charge in [0, 0.05) is 11.1 Å². The van der Waals surface area contributed by atoms with Gasteiger partial charge in [-0.3, -0.25) is 0 Å². The zero-order chi connectivity index (χ0) is 17.4. The minimum absolute atomic E-state index is 0.263. The molecule has 0 aromatic heterocycles. The monoisotopic (exact) mass is 455 g/mol. The van der Waals surface area contributed by atoms with Gasteiger partial charge in [-0.1, -0.05) is 29.8 Å². The highest BCUT2D eigenvalue weighted by Crippen LogP contribution is 2.29. The van der Waals surface area contributed by atoms with E-state index >= 15 is 0 Å². The van der Waals surface area contributed by atoms with E-state index in [-0.39, 0.29) is 3.57 Å². The molecular weight excluding hydrogens is 440 g/mol. The SMILES string of the molecule is Cc1cc(C)c([I+]c2ccccc2S(=O)(=O)C(F)(F)F)c(C)c1. The lowest BCUT2D eigenvalue weighted by Crippen LogP contribution is -3.62. The molecule has 0 N–H and O–H groups in total. The Kier molecular flexibility index (Phi) is 5.10. The molecule has 2 nitrogen and oxygen atoms in total. The molecule has 2 aromatic rings. The normalized spacial score (nSPS) is 12.4. The third-order valence-corrected chi connectivity index (χ3v) is 8.88. The van der Waals surface area contributed by atoms with E-state index < -0.39 is 41.4 Å². The molecule has 0 spiro atoms. The minimum atomic E-state index is -5.33.